The summed E-state index contributed by atoms with van der Waals surface area (Å²) in [6.07, 6.45) is 1.74. The number of Topliss-reactive ketones (excluding diaryl/α,β-unsaturated/α-hetero) is 1. The number of nitrogens with zero attached hydrogens (tertiary/aromatic N) is 3. The minimum Gasteiger partial charge on any atom is -0.497 e. The molecule has 1 amide bonds. The van der Waals surface area contributed by atoms with Gasteiger partial charge in [-0.25, -0.2) is 0 Å². The first kappa shape index (κ1) is 23.1. The normalized spacial score (nSPS) is 10.4. The van der Waals surface area contributed by atoms with E-state index in [1.54, 1.807) is 37.5 Å². The first-order chi connectivity index (χ1) is 15.5. The van der Waals surface area contributed by atoms with Gasteiger partial charge in [0.2, 0.25) is 5.91 Å². The Morgan fingerprint density at radius 3 is 2.41 bits per heavy atom. The maximum absolute atomic E-state index is 12.3. The molecular formula is C23H24N4O4S. The second kappa shape index (κ2) is 11.1. The van der Waals surface area contributed by atoms with E-state index in [4.69, 9.17) is 9.47 Å². The predicted molar refractivity (Wildman–Crippen MR) is 123 cm³/mol. The van der Waals surface area contributed by atoms with Crippen LogP contribution < -0.4 is 14.8 Å². The summed E-state index contributed by atoms with van der Waals surface area (Å²) in [6.45, 7) is 6.00. The van der Waals surface area contributed by atoms with Crippen molar-refractivity contribution in [3.05, 3.63) is 72.6 Å². The van der Waals surface area contributed by atoms with Gasteiger partial charge in [0.05, 0.1) is 12.9 Å². The fourth-order valence-electron chi connectivity index (χ4n) is 2.78. The summed E-state index contributed by atoms with van der Waals surface area (Å²) >= 11 is 1.27. The Balaban J connectivity index is 1.58. The largest absolute Gasteiger partial charge is 0.497 e. The van der Waals surface area contributed by atoms with Crippen molar-refractivity contribution < 1.29 is 19.1 Å². The highest BCUT2D eigenvalue weighted by Crippen LogP contribution is 2.21. The number of aromatic nitrogens is 3. The first-order valence-corrected chi connectivity index (χ1v) is 10.8. The van der Waals surface area contributed by atoms with E-state index in [-0.39, 0.29) is 24.1 Å². The fourth-order valence-corrected chi connectivity index (χ4v) is 3.55. The van der Waals surface area contributed by atoms with Gasteiger partial charge in [-0.15, -0.1) is 16.8 Å². The molecule has 0 aliphatic rings. The van der Waals surface area contributed by atoms with Gasteiger partial charge in [0.1, 0.15) is 18.1 Å². The maximum atomic E-state index is 12.3. The molecule has 0 saturated carbocycles. The number of ether oxygens (including phenoxy) is 2. The zero-order valence-corrected chi connectivity index (χ0v) is 18.7. The second-order valence-corrected chi connectivity index (χ2v) is 7.68. The van der Waals surface area contributed by atoms with Gasteiger partial charge in [0.25, 0.3) is 0 Å². The topological polar surface area (TPSA) is 95.3 Å². The third kappa shape index (κ3) is 6.21. The van der Waals surface area contributed by atoms with Crippen molar-refractivity contribution in [1.29, 1.82) is 0 Å². The summed E-state index contributed by atoms with van der Waals surface area (Å²) in [6, 6.07) is 14.0. The average molecular weight is 453 g/mol. The lowest BCUT2D eigenvalue weighted by molar-refractivity contribution is -0.113. The zero-order valence-electron chi connectivity index (χ0n) is 17.9. The molecule has 0 unspecified atom stereocenters. The summed E-state index contributed by atoms with van der Waals surface area (Å²) in [4.78, 5) is 23.7. The number of carbonyl (C=O) groups excluding carboxylic acids is 2. The van der Waals surface area contributed by atoms with E-state index in [0.717, 1.165) is 5.75 Å². The molecule has 9 heteroatoms. The molecule has 0 saturated heterocycles. The van der Waals surface area contributed by atoms with Crippen molar-refractivity contribution in [2.45, 2.75) is 25.2 Å². The van der Waals surface area contributed by atoms with E-state index in [2.05, 4.69) is 22.1 Å². The number of carbonyl (C=O) groups is 2. The van der Waals surface area contributed by atoms with Gasteiger partial charge in [-0.1, -0.05) is 17.8 Å². The van der Waals surface area contributed by atoms with Gasteiger partial charge in [-0.2, -0.15) is 0 Å². The standard InChI is InChI=1S/C23H24N4O4S/c1-4-13-27-21(14-31-20-11-9-19(30-3)10-12-20)25-26-23(27)32-15-22(29)24-18-7-5-17(6-8-18)16(2)28/h4-12H,1,13-15H2,2-3H3,(H,24,29). The van der Waals surface area contributed by atoms with Gasteiger partial charge in [0.15, 0.2) is 16.8 Å². The second-order valence-electron chi connectivity index (χ2n) is 6.73. The molecule has 2 aromatic carbocycles. The van der Waals surface area contributed by atoms with Crippen LogP contribution in [0, 0.1) is 0 Å². The number of benzene rings is 2. The number of allylic oxidation sites excluding steroid dienone is 1. The van der Waals surface area contributed by atoms with E-state index < -0.39 is 0 Å². The molecule has 3 rings (SSSR count). The molecule has 0 aliphatic carbocycles. The van der Waals surface area contributed by atoms with Crippen LogP contribution in [-0.4, -0.2) is 39.3 Å². The maximum Gasteiger partial charge on any atom is 0.234 e. The molecule has 32 heavy (non-hydrogen) atoms. The summed E-state index contributed by atoms with van der Waals surface area (Å²) in [5.74, 6) is 2.01. The number of thioether (sulfide) groups is 1. The molecule has 0 aliphatic heterocycles. The van der Waals surface area contributed by atoms with Crippen molar-refractivity contribution in [1.82, 2.24) is 14.8 Å². The van der Waals surface area contributed by atoms with Gasteiger partial charge in [-0.3, -0.25) is 14.2 Å². The highest BCUT2D eigenvalue weighted by molar-refractivity contribution is 7.99. The molecule has 166 valence electrons. The van der Waals surface area contributed by atoms with Crippen LogP contribution in [0.3, 0.4) is 0 Å². The summed E-state index contributed by atoms with van der Waals surface area (Å²) < 4.78 is 12.8. The van der Waals surface area contributed by atoms with Crippen LogP contribution in [0.5, 0.6) is 11.5 Å². The zero-order chi connectivity index (χ0) is 22.9. The van der Waals surface area contributed by atoms with Crippen LogP contribution in [0.4, 0.5) is 5.69 Å². The number of hydrogen-bond donors (Lipinski definition) is 1. The number of hydrogen-bond acceptors (Lipinski definition) is 7. The van der Waals surface area contributed by atoms with Crippen LogP contribution in [0.2, 0.25) is 0 Å². The molecule has 1 N–H and O–H groups in total. The third-order valence-corrected chi connectivity index (χ3v) is 5.41. The van der Waals surface area contributed by atoms with E-state index in [9.17, 15) is 9.59 Å². The fraction of sp³-hybridized carbons (Fsp3) is 0.217. The van der Waals surface area contributed by atoms with E-state index in [1.807, 2.05) is 28.8 Å². The van der Waals surface area contributed by atoms with Gasteiger partial charge < -0.3 is 14.8 Å². The van der Waals surface area contributed by atoms with E-state index >= 15 is 0 Å². The van der Waals surface area contributed by atoms with Crippen molar-refractivity contribution in [3.63, 3.8) is 0 Å². The molecule has 0 radical (unpaired) electrons. The molecule has 0 spiro atoms. The third-order valence-electron chi connectivity index (χ3n) is 4.44. The van der Waals surface area contributed by atoms with Crippen molar-refractivity contribution in [2.24, 2.45) is 0 Å². The smallest absolute Gasteiger partial charge is 0.234 e. The Labute approximate surface area is 190 Å². The van der Waals surface area contributed by atoms with Crippen molar-refractivity contribution in [2.75, 3.05) is 18.2 Å². The summed E-state index contributed by atoms with van der Waals surface area (Å²) in [5, 5.41) is 11.8. The van der Waals surface area contributed by atoms with Gasteiger partial charge in [-0.05, 0) is 55.5 Å². The lowest BCUT2D eigenvalue weighted by Gasteiger charge is -2.10. The Morgan fingerprint density at radius 2 is 1.78 bits per heavy atom. The molecule has 8 nitrogen and oxygen atoms in total. The van der Waals surface area contributed by atoms with Crippen LogP contribution in [0.1, 0.15) is 23.1 Å². The van der Waals surface area contributed by atoms with Crippen LogP contribution in [-0.2, 0) is 17.9 Å². The number of nitrogens with one attached hydrogen (secondary N) is 1. The van der Waals surface area contributed by atoms with Gasteiger partial charge in [0, 0.05) is 17.8 Å². The summed E-state index contributed by atoms with van der Waals surface area (Å²) in [7, 11) is 1.61. The highest BCUT2D eigenvalue weighted by atomic mass is 32.2. The molecular weight excluding hydrogens is 428 g/mol. The highest BCUT2D eigenvalue weighted by Gasteiger charge is 2.14. The molecule has 0 fully saturated rings. The Bertz CT molecular complexity index is 1080. The van der Waals surface area contributed by atoms with Crippen LogP contribution >= 0.6 is 11.8 Å². The minimum absolute atomic E-state index is 0.0215. The van der Waals surface area contributed by atoms with Gasteiger partial charge >= 0.3 is 0 Å². The first-order valence-electron chi connectivity index (χ1n) is 9.83. The number of anilines is 1. The molecule has 0 atom stereocenters. The number of amides is 1. The lowest BCUT2D eigenvalue weighted by atomic mass is 10.1. The van der Waals surface area contributed by atoms with Crippen molar-refractivity contribution in [3.8, 4) is 11.5 Å². The SMILES string of the molecule is C=CCn1c(COc2ccc(OC)cc2)nnc1SCC(=O)Nc1ccc(C(C)=O)cc1. The lowest BCUT2D eigenvalue weighted by Crippen LogP contribution is -2.15. The predicted octanol–water partition coefficient (Wildman–Crippen LogP) is 3.99. The Kier molecular flexibility index (Phi) is 8.04. The van der Waals surface area contributed by atoms with Crippen LogP contribution in [0.25, 0.3) is 0 Å². The van der Waals surface area contributed by atoms with Crippen molar-refractivity contribution >= 4 is 29.1 Å². The quantitative estimate of drug-likeness (QED) is 0.267. The molecule has 3 aromatic rings. The van der Waals surface area contributed by atoms with Crippen LogP contribution in [0.15, 0.2) is 66.3 Å². The number of methoxy groups -OCH3 is 1. The summed E-state index contributed by atoms with van der Waals surface area (Å²) in [5.41, 5.74) is 1.22. The van der Waals surface area contributed by atoms with E-state index in [1.165, 1.54) is 18.7 Å². The molecule has 0 bridgehead atoms. The Hall–Kier alpha value is -3.59. The van der Waals surface area contributed by atoms with E-state index in [0.29, 0.717) is 34.5 Å². The number of rotatable bonds is 11. The monoisotopic (exact) mass is 452 g/mol. The average Bonchev–Trinajstić information content (AvgIpc) is 3.18. The molecule has 1 heterocycles. The number of ketones is 1. The minimum atomic E-state index is -0.185. The Morgan fingerprint density at radius 1 is 1.09 bits per heavy atom. The molecule has 1 aromatic heterocycles.